The molecule has 0 amide bonds. The Kier molecular flexibility index (Phi) is 8.43. The molecule has 0 atom stereocenters. The molecule has 3 aromatic rings. The van der Waals surface area contributed by atoms with Crippen LogP contribution in [-0.4, -0.2) is 29.5 Å². The van der Waals surface area contributed by atoms with Crippen LogP contribution in [0.5, 0.6) is 11.5 Å². The van der Waals surface area contributed by atoms with Crippen molar-refractivity contribution in [1.82, 2.24) is 4.98 Å². The minimum atomic E-state index is -0.305. The highest BCUT2D eigenvalue weighted by atomic mass is 32.1. The standard InChI is InChI=1S/C29H33NO6S2/c1-3-34-27(31)18-10-12-20(13-11-18)29(33)36-22-15-14-21(35-28(32)19-8-6-17(2)7-9-19)24-25(22)38-26(30-24)23-5-4-16-37-23/h4-5,14-20H,3,6-13H2,1-2H3. The van der Waals surface area contributed by atoms with Crippen LogP contribution in [0.3, 0.4) is 0 Å². The SMILES string of the molecule is CCOC(=O)C1CCC(C(=O)Oc2ccc(OC(=O)C3CCC(C)CC3)c3nc(-c4cccs4)sc23)CC1. The van der Waals surface area contributed by atoms with E-state index in [1.165, 1.54) is 11.3 Å². The Labute approximate surface area is 230 Å². The van der Waals surface area contributed by atoms with Gasteiger partial charge in [-0.2, -0.15) is 0 Å². The number of rotatable bonds is 7. The van der Waals surface area contributed by atoms with Crippen molar-refractivity contribution in [2.24, 2.45) is 23.7 Å². The van der Waals surface area contributed by atoms with Gasteiger partial charge in [0.1, 0.15) is 15.2 Å². The van der Waals surface area contributed by atoms with Crippen molar-refractivity contribution >= 4 is 50.8 Å². The normalized spacial score (nSPS) is 23.6. The zero-order valence-corrected chi connectivity index (χ0v) is 23.4. The van der Waals surface area contributed by atoms with Gasteiger partial charge < -0.3 is 14.2 Å². The molecular formula is C29H33NO6S2. The minimum absolute atomic E-state index is 0.0982. The van der Waals surface area contributed by atoms with Crippen molar-refractivity contribution in [3.8, 4) is 21.4 Å². The van der Waals surface area contributed by atoms with E-state index in [4.69, 9.17) is 19.2 Å². The molecule has 2 heterocycles. The predicted octanol–water partition coefficient (Wildman–Crippen LogP) is 7.03. The van der Waals surface area contributed by atoms with Crippen LogP contribution in [0.25, 0.3) is 20.1 Å². The van der Waals surface area contributed by atoms with Gasteiger partial charge in [0.05, 0.1) is 29.2 Å². The summed E-state index contributed by atoms with van der Waals surface area (Å²) in [5.74, 6) is 0.244. The van der Waals surface area contributed by atoms with Crippen LogP contribution in [0.4, 0.5) is 0 Å². The van der Waals surface area contributed by atoms with E-state index in [9.17, 15) is 14.4 Å². The summed E-state index contributed by atoms with van der Waals surface area (Å²) in [5.41, 5.74) is 0.534. The topological polar surface area (TPSA) is 91.8 Å². The van der Waals surface area contributed by atoms with Crippen molar-refractivity contribution in [1.29, 1.82) is 0 Å². The van der Waals surface area contributed by atoms with E-state index in [1.54, 1.807) is 30.4 Å². The van der Waals surface area contributed by atoms with E-state index in [0.717, 1.165) is 35.6 Å². The molecule has 0 bridgehead atoms. The van der Waals surface area contributed by atoms with Gasteiger partial charge >= 0.3 is 17.9 Å². The molecule has 0 saturated heterocycles. The number of carbonyl (C=O) groups excluding carboxylic acids is 3. The number of carbonyl (C=O) groups is 3. The number of fused-ring (bicyclic) bond motifs is 1. The number of ether oxygens (including phenoxy) is 3. The van der Waals surface area contributed by atoms with Gasteiger partial charge in [-0.05, 0) is 87.8 Å². The number of hydrogen-bond acceptors (Lipinski definition) is 9. The van der Waals surface area contributed by atoms with Crippen molar-refractivity contribution in [3.63, 3.8) is 0 Å². The van der Waals surface area contributed by atoms with E-state index in [0.29, 0.717) is 59.9 Å². The smallest absolute Gasteiger partial charge is 0.314 e. The lowest BCUT2D eigenvalue weighted by Gasteiger charge is -2.25. The van der Waals surface area contributed by atoms with E-state index in [2.05, 4.69) is 6.92 Å². The average molecular weight is 556 g/mol. The lowest BCUT2D eigenvalue weighted by Crippen LogP contribution is -2.29. The third-order valence-corrected chi connectivity index (χ3v) is 9.76. The van der Waals surface area contributed by atoms with Gasteiger partial charge in [0.25, 0.3) is 0 Å². The molecule has 2 fully saturated rings. The van der Waals surface area contributed by atoms with Crippen LogP contribution in [0.1, 0.15) is 65.2 Å². The molecule has 38 heavy (non-hydrogen) atoms. The van der Waals surface area contributed by atoms with Gasteiger partial charge in [-0.3, -0.25) is 14.4 Å². The Balaban J connectivity index is 1.34. The van der Waals surface area contributed by atoms with Gasteiger partial charge in [0, 0.05) is 0 Å². The first-order chi connectivity index (χ1) is 18.4. The Morgan fingerprint density at radius 3 is 2.03 bits per heavy atom. The number of benzene rings is 1. The molecule has 0 radical (unpaired) electrons. The van der Waals surface area contributed by atoms with E-state index >= 15 is 0 Å². The summed E-state index contributed by atoms with van der Waals surface area (Å²) in [6, 6.07) is 7.34. The van der Waals surface area contributed by atoms with Gasteiger partial charge in [0.15, 0.2) is 11.5 Å². The Morgan fingerprint density at radius 1 is 0.842 bits per heavy atom. The molecule has 2 saturated carbocycles. The highest BCUT2D eigenvalue weighted by molar-refractivity contribution is 7.25. The van der Waals surface area contributed by atoms with Crippen LogP contribution in [0.15, 0.2) is 29.6 Å². The molecule has 2 aromatic heterocycles. The lowest BCUT2D eigenvalue weighted by molar-refractivity contribution is -0.151. The van der Waals surface area contributed by atoms with E-state index in [-0.39, 0.29) is 35.7 Å². The quantitative estimate of drug-likeness (QED) is 0.228. The van der Waals surface area contributed by atoms with Crippen LogP contribution in [0, 0.1) is 23.7 Å². The van der Waals surface area contributed by atoms with Crippen LogP contribution < -0.4 is 9.47 Å². The third kappa shape index (κ3) is 5.94. The van der Waals surface area contributed by atoms with Gasteiger partial charge in [-0.15, -0.1) is 22.7 Å². The summed E-state index contributed by atoms with van der Waals surface area (Å²) in [6.45, 7) is 4.39. The summed E-state index contributed by atoms with van der Waals surface area (Å²) >= 11 is 3.00. The monoisotopic (exact) mass is 555 g/mol. The van der Waals surface area contributed by atoms with Crippen LogP contribution in [0.2, 0.25) is 0 Å². The van der Waals surface area contributed by atoms with Crippen LogP contribution in [-0.2, 0) is 19.1 Å². The first-order valence-corrected chi connectivity index (χ1v) is 15.2. The zero-order chi connectivity index (χ0) is 26.6. The van der Waals surface area contributed by atoms with Gasteiger partial charge in [-0.1, -0.05) is 13.0 Å². The molecule has 202 valence electrons. The molecule has 0 aliphatic heterocycles. The fourth-order valence-electron chi connectivity index (χ4n) is 5.33. The maximum atomic E-state index is 13.1. The molecule has 0 N–H and O–H groups in total. The van der Waals surface area contributed by atoms with Crippen molar-refractivity contribution in [3.05, 3.63) is 29.6 Å². The maximum Gasteiger partial charge on any atom is 0.314 e. The number of thiophene rings is 1. The molecule has 2 aliphatic carbocycles. The zero-order valence-electron chi connectivity index (χ0n) is 21.8. The molecular weight excluding hydrogens is 522 g/mol. The lowest BCUT2D eigenvalue weighted by atomic mass is 9.82. The van der Waals surface area contributed by atoms with E-state index < -0.39 is 0 Å². The molecule has 0 spiro atoms. The fraction of sp³-hybridized carbons (Fsp3) is 0.517. The second-order valence-corrected chi connectivity index (χ2v) is 12.3. The number of hydrogen-bond donors (Lipinski definition) is 0. The molecule has 5 rings (SSSR count). The predicted molar refractivity (Wildman–Crippen MR) is 147 cm³/mol. The van der Waals surface area contributed by atoms with Crippen molar-refractivity contribution in [2.45, 2.75) is 65.2 Å². The van der Waals surface area contributed by atoms with Gasteiger partial charge in [-0.25, -0.2) is 4.98 Å². The highest BCUT2D eigenvalue weighted by Crippen LogP contribution is 2.43. The number of esters is 3. The summed E-state index contributed by atoms with van der Waals surface area (Å²) in [7, 11) is 0. The Morgan fingerprint density at radius 2 is 1.42 bits per heavy atom. The first kappa shape index (κ1) is 26.8. The summed E-state index contributed by atoms with van der Waals surface area (Å²) in [6.07, 6.45) is 6.16. The maximum absolute atomic E-state index is 13.1. The van der Waals surface area contributed by atoms with Gasteiger partial charge in [0.2, 0.25) is 0 Å². The van der Waals surface area contributed by atoms with E-state index in [1.807, 2.05) is 17.5 Å². The number of nitrogens with zero attached hydrogens (tertiary/aromatic N) is 1. The molecule has 1 aromatic carbocycles. The van der Waals surface area contributed by atoms with Crippen molar-refractivity contribution < 1.29 is 28.6 Å². The minimum Gasteiger partial charge on any atom is -0.466 e. The molecule has 7 nitrogen and oxygen atoms in total. The number of aromatic nitrogens is 1. The summed E-state index contributed by atoms with van der Waals surface area (Å²) in [5, 5.41) is 2.78. The fourth-order valence-corrected chi connectivity index (χ4v) is 7.16. The Hall–Kier alpha value is -2.78. The first-order valence-electron chi connectivity index (χ1n) is 13.5. The third-order valence-electron chi connectivity index (χ3n) is 7.65. The molecule has 2 aliphatic rings. The molecule has 9 heteroatoms. The summed E-state index contributed by atoms with van der Waals surface area (Å²) in [4.78, 5) is 43.9. The average Bonchev–Trinajstić information content (AvgIpc) is 3.61. The Bertz CT molecular complexity index is 1280. The second kappa shape index (κ2) is 11.9. The van der Waals surface area contributed by atoms with Crippen LogP contribution >= 0.6 is 22.7 Å². The summed E-state index contributed by atoms with van der Waals surface area (Å²) < 4.78 is 17.6. The second-order valence-electron chi connectivity index (χ2n) is 10.3. The highest BCUT2D eigenvalue weighted by Gasteiger charge is 2.33. The number of thiazole rings is 1. The largest absolute Gasteiger partial charge is 0.466 e. The molecule has 0 unspecified atom stereocenters. The van der Waals surface area contributed by atoms with Crippen molar-refractivity contribution in [2.75, 3.05) is 6.61 Å².